The first-order valence-corrected chi connectivity index (χ1v) is 6.12. The molecule has 3 nitrogen and oxygen atoms in total. The average molecular weight is 233 g/mol. The van der Waals surface area contributed by atoms with E-state index in [0.717, 1.165) is 37.1 Å². The molecule has 0 atom stereocenters. The molecule has 17 heavy (non-hydrogen) atoms. The lowest BCUT2D eigenvalue weighted by atomic mass is 10.1. The minimum absolute atomic E-state index is 0.211. The maximum Gasteiger partial charge on any atom is 0.415 e. The van der Waals surface area contributed by atoms with Crippen LogP contribution in [-0.2, 0) is 0 Å². The molecule has 0 unspecified atom stereocenters. The Morgan fingerprint density at radius 3 is 2.18 bits per heavy atom. The number of nitrogens with zero attached hydrogens (tertiary/aromatic N) is 1. The van der Waals surface area contributed by atoms with Crippen molar-refractivity contribution in [3.05, 3.63) is 28.8 Å². The van der Waals surface area contributed by atoms with E-state index < -0.39 is 0 Å². The molecular formula is C14H19NO2. The van der Waals surface area contributed by atoms with Gasteiger partial charge in [-0.3, -0.25) is 0 Å². The molecule has 92 valence electrons. The summed E-state index contributed by atoms with van der Waals surface area (Å²) in [6.07, 6.45) is 1.96. The zero-order valence-electron chi connectivity index (χ0n) is 10.7. The molecular weight excluding hydrogens is 214 g/mol. The lowest BCUT2D eigenvalue weighted by Gasteiger charge is -2.17. The molecule has 0 radical (unpaired) electrons. The highest BCUT2D eigenvalue weighted by Crippen LogP contribution is 2.25. The Hall–Kier alpha value is -1.51. The summed E-state index contributed by atoms with van der Waals surface area (Å²) in [4.78, 5) is 13.7. The molecule has 0 spiro atoms. The van der Waals surface area contributed by atoms with Crippen LogP contribution in [0.2, 0.25) is 0 Å². The fourth-order valence-corrected chi connectivity index (χ4v) is 2.38. The van der Waals surface area contributed by atoms with Crippen LogP contribution in [0, 0.1) is 20.8 Å². The molecule has 3 heteroatoms. The van der Waals surface area contributed by atoms with Gasteiger partial charge in [-0.1, -0.05) is 17.7 Å². The number of amides is 1. The van der Waals surface area contributed by atoms with E-state index in [2.05, 4.69) is 0 Å². The maximum absolute atomic E-state index is 11.9. The van der Waals surface area contributed by atoms with E-state index >= 15 is 0 Å². The van der Waals surface area contributed by atoms with Crippen molar-refractivity contribution in [2.24, 2.45) is 0 Å². The minimum Gasteiger partial charge on any atom is -0.410 e. The van der Waals surface area contributed by atoms with Crippen molar-refractivity contribution in [2.75, 3.05) is 13.1 Å². The van der Waals surface area contributed by atoms with E-state index in [4.69, 9.17) is 4.74 Å². The van der Waals surface area contributed by atoms with Gasteiger partial charge in [0.25, 0.3) is 0 Å². The van der Waals surface area contributed by atoms with Crippen LogP contribution < -0.4 is 4.74 Å². The van der Waals surface area contributed by atoms with Crippen LogP contribution in [0.5, 0.6) is 5.75 Å². The van der Waals surface area contributed by atoms with Gasteiger partial charge in [-0.05, 0) is 44.7 Å². The molecule has 1 amide bonds. The zero-order valence-corrected chi connectivity index (χ0v) is 10.7. The number of ether oxygens (including phenoxy) is 1. The van der Waals surface area contributed by atoms with E-state index in [0.29, 0.717) is 5.75 Å². The van der Waals surface area contributed by atoms with Crippen LogP contribution in [0.25, 0.3) is 0 Å². The first-order valence-electron chi connectivity index (χ1n) is 6.12. The molecule has 1 heterocycles. The fourth-order valence-electron chi connectivity index (χ4n) is 2.38. The van der Waals surface area contributed by atoms with E-state index in [1.807, 2.05) is 32.9 Å². The number of rotatable bonds is 1. The molecule has 1 aromatic rings. The Bertz CT molecular complexity index is 411. The molecule has 1 aliphatic rings. The summed E-state index contributed by atoms with van der Waals surface area (Å²) in [5, 5.41) is 0. The third-order valence-electron chi connectivity index (χ3n) is 3.16. The molecule has 1 saturated heterocycles. The van der Waals surface area contributed by atoms with Crippen molar-refractivity contribution in [1.29, 1.82) is 0 Å². The van der Waals surface area contributed by atoms with Crippen LogP contribution in [0.15, 0.2) is 12.1 Å². The van der Waals surface area contributed by atoms with Crippen molar-refractivity contribution < 1.29 is 9.53 Å². The molecule has 0 N–H and O–H groups in total. The molecule has 1 aromatic carbocycles. The van der Waals surface area contributed by atoms with Gasteiger partial charge in [0.15, 0.2) is 0 Å². The summed E-state index contributed by atoms with van der Waals surface area (Å²) in [6.45, 7) is 7.65. The van der Waals surface area contributed by atoms with Gasteiger partial charge in [-0.25, -0.2) is 4.79 Å². The highest BCUT2D eigenvalue weighted by atomic mass is 16.6. The van der Waals surface area contributed by atoms with Crippen LogP contribution >= 0.6 is 0 Å². The second kappa shape index (κ2) is 4.78. The fraction of sp³-hybridized carbons (Fsp3) is 0.500. The molecule has 0 saturated carbocycles. The summed E-state index contributed by atoms with van der Waals surface area (Å²) >= 11 is 0. The van der Waals surface area contributed by atoms with Gasteiger partial charge in [0.05, 0.1) is 0 Å². The van der Waals surface area contributed by atoms with Crippen LogP contribution in [0.4, 0.5) is 4.79 Å². The Morgan fingerprint density at radius 1 is 1.12 bits per heavy atom. The van der Waals surface area contributed by atoms with Gasteiger partial charge in [0.1, 0.15) is 5.75 Å². The number of likely N-dealkylation sites (tertiary alicyclic amines) is 1. The number of aryl methyl sites for hydroxylation is 3. The maximum atomic E-state index is 11.9. The SMILES string of the molecule is Cc1cc(C)c(OC(=O)N2CCCC2)c(C)c1. The number of hydrogen-bond acceptors (Lipinski definition) is 2. The molecule has 2 rings (SSSR count). The van der Waals surface area contributed by atoms with Gasteiger partial charge in [0, 0.05) is 13.1 Å². The zero-order chi connectivity index (χ0) is 12.4. The van der Waals surface area contributed by atoms with Gasteiger partial charge in [-0.2, -0.15) is 0 Å². The second-order valence-electron chi connectivity index (χ2n) is 4.79. The number of hydrogen-bond donors (Lipinski definition) is 0. The molecule has 0 bridgehead atoms. The lowest BCUT2D eigenvalue weighted by molar-refractivity contribution is 0.162. The van der Waals surface area contributed by atoms with E-state index in [-0.39, 0.29) is 6.09 Å². The quantitative estimate of drug-likeness (QED) is 0.745. The summed E-state index contributed by atoms with van der Waals surface area (Å²) in [5.74, 6) is 0.715. The van der Waals surface area contributed by atoms with Gasteiger partial charge >= 0.3 is 6.09 Å². The first kappa shape index (κ1) is 12.0. The molecule has 0 aromatic heterocycles. The summed E-state index contributed by atoms with van der Waals surface area (Å²) in [6, 6.07) is 4.08. The molecule has 1 aliphatic heterocycles. The highest BCUT2D eigenvalue weighted by Gasteiger charge is 2.21. The smallest absolute Gasteiger partial charge is 0.410 e. The van der Waals surface area contributed by atoms with Crippen molar-refractivity contribution in [2.45, 2.75) is 33.6 Å². The van der Waals surface area contributed by atoms with Crippen LogP contribution in [0.3, 0.4) is 0 Å². The van der Waals surface area contributed by atoms with Crippen molar-refractivity contribution in [1.82, 2.24) is 4.90 Å². The summed E-state index contributed by atoms with van der Waals surface area (Å²) in [5.41, 5.74) is 3.24. The van der Waals surface area contributed by atoms with Gasteiger partial charge in [-0.15, -0.1) is 0 Å². The van der Waals surface area contributed by atoms with E-state index in [1.54, 1.807) is 4.90 Å². The van der Waals surface area contributed by atoms with Crippen molar-refractivity contribution in [3.63, 3.8) is 0 Å². The first-order chi connectivity index (χ1) is 8.08. The third-order valence-corrected chi connectivity index (χ3v) is 3.16. The normalized spacial score (nSPS) is 15.1. The number of carbonyl (C=O) groups excluding carboxylic acids is 1. The average Bonchev–Trinajstić information content (AvgIpc) is 2.76. The van der Waals surface area contributed by atoms with Crippen LogP contribution in [0.1, 0.15) is 29.5 Å². The predicted octanol–water partition coefficient (Wildman–Crippen LogP) is 3.21. The lowest BCUT2D eigenvalue weighted by Crippen LogP contribution is -2.30. The monoisotopic (exact) mass is 233 g/mol. The Morgan fingerprint density at radius 2 is 1.65 bits per heavy atom. The highest BCUT2D eigenvalue weighted by molar-refractivity contribution is 5.72. The van der Waals surface area contributed by atoms with E-state index in [9.17, 15) is 4.79 Å². The van der Waals surface area contributed by atoms with Crippen molar-refractivity contribution in [3.8, 4) is 5.75 Å². The van der Waals surface area contributed by atoms with Crippen LogP contribution in [-0.4, -0.2) is 24.1 Å². The largest absolute Gasteiger partial charge is 0.415 e. The topological polar surface area (TPSA) is 29.5 Å². The standard InChI is InChI=1S/C14H19NO2/c1-10-8-11(2)13(12(3)9-10)17-14(16)15-6-4-5-7-15/h8-9H,4-7H2,1-3H3. The Kier molecular flexibility index (Phi) is 3.36. The third kappa shape index (κ3) is 2.60. The van der Waals surface area contributed by atoms with E-state index in [1.165, 1.54) is 5.56 Å². The van der Waals surface area contributed by atoms with Gasteiger partial charge in [0.2, 0.25) is 0 Å². The Labute approximate surface area is 102 Å². The predicted molar refractivity (Wildman–Crippen MR) is 67.5 cm³/mol. The number of carbonyl (C=O) groups is 1. The summed E-state index contributed by atoms with van der Waals surface area (Å²) < 4.78 is 5.50. The molecule has 0 aliphatic carbocycles. The minimum atomic E-state index is -0.211. The van der Waals surface area contributed by atoms with Crippen molar-refractivity contribution >= 4 is 6.09 Å². The summed E-state index contributed by atoms with van der Waals surface area (Å²) in [7, 11) is 0. The molecule has 1 fully saturated rings. The second-order valence-corrected chi connectivity index (χ2v) is 4.79. The van der Waals surface area contributed by atoms with Gasteiger partial charge < -0.3 is 9.64 Å². The Balaban J connectivity index is 2.15. The number of benzene rings is 1.